The normalized spacial score (nSPS) is 14.2. The van der Waals surface area contributed by atoms with Crippen LogP contribution in [0.1, 0.15) is 53.7 Å². The van der Waals surface area contributed by atoms with Crippen LogP contribution in [0.15, 0.2) is 72.8 Å². The summed E-state index contributed by atoms with van der Waals surface area (Å²) in [4.78, 5) is 28.4. The molecule has 182 valence electrons. The maximum absolute atomic E-state index is 13.4. The summed E-state index contributed by atoms with van der Waals surface area (Å²) in [5.41, 5.74) is 4.04. The summed E-state index contributed by atoms with van der Waals surface area (Å²) in [5, 5.41) is 6.09. The second-order valence-electron chi connectivity index (χ2n) is 8.96. The topological polar surface area (TPSA) is 70.7 Å². The molecule has 3 aromatic carbocycles. The third-order valence-corrected chi connectivity index (χ3v) is 6.39. The summed E-state index contributed by atoms with van der Waals surface area (Å²) in [7, 11) is 1.61. The summed E-state index contributed by atoms with van der Waals surface area (Å²) in [6.45, 7) is 3.84. The predicted octanol–water partition coefficient (Wildman–Crippen LogP) is 5.36. The van der Waals surface area contributed by atoms with E-state index in [-0.39, 0.29) is 24.3 Å². The maximum Gasteiger partial charge on any atom is 0.253 e. The monoisotopic (exact) mass is 471 g/mol. The summed E-state index contributed by atoms with van der Waals surface area (Å²) in [6, 6.07) is 22.8. The van der Waals surface area contributed by atoms with Crippen LogP contribution in [0.3, 0.4) is 0 Å². The molecule has 0 aliphatic carbocycles. The number of piperidine rings is 1. The van der Waals surface area contributed by atoms with Crippen molar-refractivity contribution >= 4 is 23.2 Å². The van der Waals surface area contributed by atoms with Crippen LogP contribution < -0.4 is 20.3 Å². The first-order valence-corrected chi connectivity index (χ1v) is 12.2. The van der Waals surface area contributed by atoms with Crippen molar-refractivity contribution < 1.29 is 14.3 Å². The van der Waals surface area contributed by atoms with E-state index in [4.69, 9.17) is 4.74 Å². The van der Waals surface area contributed by atoms with Crippen LogP contribution in [0.5, 0.6) is 5.75 Å². The van der Waals surface area contributed by atoms with Gasteiger partial charge < -0.3 is 20.3 Å². The highest BCUT2D eigenvalue weighted by molar-refractivity contribution is 6.02. The van der Waals surface area contributed by atoms with Gasteiger partial charge >= 0.3 is 0 Å². The molecule has 1 heterocycles. The van der Waals surface area contributed by atoms with E-state index in [1.165, 1.54) is 6.42 Å². The highest BCUT2D eigenvalue weighted by Gasteiger charge is 2.21. The van der Waals surface area contributed by atoms with Crippen molar-refractivity contribution in [2.45, 2.75) is 38.6 Å². The van der Waals surface area contributed by atoms with Crippen molar-refractivity contribution in [2.75, 3.05) is 30.4 Å². The molecule has 35 heavy (non-hydrogen) atoms. The van der Waals surface area contributed by atoms with Crippen LogP contribution in [-0.2, 0) is 11.2 Å². The molecule has 0 spiro atoms. The molecule has 2 N–H and O–H groups in total. The molecule has 1 aliphatic heterocycles. The SMILES string of the molecule is COc1ccc(CC(=O)Nc2ccc(N3CCCCC3)c(C(=O)NC(C)c3ccccc3)c2)cc1. The van der Waals surface area contributed by atoms with Crippen LogP contribution in [0, 0.1) is 0 Å². The Morgan fingerprint density at radius 2 is 1.66 bits per heavy atom. The summed E-state index contributed by atoms with van der Waals surface area (Å²) in [6.07, 6.45) is 3.68. The van der Waals surface area contributed by atoms with Gasteiger partial charge in [0.1, 0.15) is 5.75 Å². The minimum absolute atomic E-state index is 0.133. The van der Waals surface area contributed by atoms with Crippen LogP contribution in [-0.4, -0.2) is 32.0 Å². The maximum atomic E-state index is 13.4. The molecule has 6 heteroatoms. The summed E-state index contributed by atoms with van der Waals surface area (Å²) in [5.74, 6) is 0.473. The minimum Gasteiger partial charge on any atom is -0.497 e. The van der Waals surface area contributed by atoms with E-state index >= 15 is 0 Å². The number of benzene rings is 3. The third-order valence-electron chi connectivity index (χ3n) is 6.39. The fraction of sp³-hybridized carbons (Fsp3) is 0.310. The molecule has 6 nitrogen and oxygen atoms in total. The fourth-order valence-electron chi connectivity index (χ4n) is 4.44. The van der Waals surface area contributed by atoms with Crippen molar-refractivity contribution in [2.24, 2.45) is 0 Å². The molecule has 4 rings (SSSR count). The van der Waals surface area contributed by atoms with Gasteiger partial charge in [0.25, 0.3) is 5.91 Å². The summed E-state index contributed by atoms with van der Waals surface area (Å²) >= 11 is 0. The van der Waals surface area contributed by atoms with Gasteiger partial charge in [0.15, 0.2) is 0 Å². The van der Waals surface area contributed by atoms with E-state index in [0.29, 0.717) is 11.3 Å². The second kappa shape index (κ2) is 11.6. The Balaban J connectivity index is 1.52. The lowest BCUT2D eigenvalue weighted by Gasteiger charge is -2.31. The zero-order valence-electron chi connectivity index (χ0n) is 20.4. The van der Waals surface area contributed by atoms with E-state index in [9.17, 15) is 9.59 Å². The highest BCUT2D eigenvalue weighted by atomic mass is 16.5. The molecule has 1 atom stereocenters. The fourth-order valence-corrected chi connectivity index (χ4v) is 4.44. The zero-order valence-corrected chi connectivity index (χ0v) is 20.4. The number of hydrogen-bond acceptors (Lipinski definition) is 4. The molecule has 2 amide bonds. The molecule has 0 aromatic heterocycles. The molecule has 1 fully saturated rings. The van der Waals surface area contributed by atoms with Crippen molar-refractivity contribution in [1.82, 2.24) is 5.32 Å². The van der Waals surface area contributed by atoms with Gasteiger partial charge in [-0.25, -0.2) is 0 Å². The van der Waals surface area contributed by atoms with Crippen molar-refractivity contribution in [1.29, 1.82) is 0 Å². The van der Waals surface area contributed by atoms with Gasteiger partial charge in [-0.05, 0) is 67.6 Å². The molecule has 1 saturated heterocycles. The Bertz CT molecular complexity index is 1140. The van der Waals surface area contributed by atoms with E-state index in [0.717, 1.165) is 48.5 Å². The molecular weight excluding hydrogens is 438 g/mol. The Labute approximate surface area is 207 Å². The molecule has 3 aromatic rings. The zero-order chi connectivity index (χ0) is 24.6. The number of hydrogen-bond donors (Lipinski definition) is 2. The molecule has 0 bridgehead atoms. The third kappa shape index (κ3) is 6.41. The second-order valence-corrected chi connectivity index (χ2v) is 8.96. The molecule has 0 radical (unpaired) electrons. The Morgan fingerprint density at radius 1 is 0.943 bits per heavy atom. The molecule has 0 saturated carbocycles. The van der Waals surface area contributed by atoms with Gasteiger partial charge in [-0.2, -0.15) is 0 Å². The van der Waals surface area contributed by atoms with Crippen LogP contribution in [0.2, 0.25) is 0 Å². The van der Waals surface area contributed by atoms with Crippen LogP contribution in [0.4, 0.5) is 11.4 Å². The number of anilines is 2. The number of nitrogens with one attached hydrogen (secondary N) is 2. The van der Waals surface area contributed by atoms with Crippen molar-refractivity contribution in [3.8, 4) is 5.75 Å². The van der Waals surface area contributed by atoms with E-state index in [1.807, 2.05) is 73.7 Å². The average Bonchev–Trinajstić information content (AvgIpc) is 2.90. The molecule has 1 unspecified atom stereocenters. The van der Waals surface area contributed by atoms with E-state index in [2.05, 4.69) is 15.5 Å². The van der Waals surface area contributed by atoms with Gasteiger partial charge in [-0.15, -0.1) is 0 Å². The number of carbonyl (C=O) groups is 2. The number of ether oxygens (including phenoxy) is 1. The molecular formula is C29H33N3O3. The van der Waals surface area contributed by atoms with Crippen molar-refractivity contribution in [3.05, 3.63) is 89.5 Å². The largest absolute Gasteiger partial charge is 0.497 e. The number of carbonyl (C=O) groups excluding carboxylic acids is 2. The number of methoxy groups -OCH3 is 1. The van der Waals surface area contributed by atoms with Crippen LogP contribution in [0.25, 0.3) is 0 Å². The Kier molecular flexibility index (Phi) is 8.03. The smallest absolute Gasteiger partial charge is 0.253 e. The quantitative estimate of drug-likeness (QED) is 0.464. The Hall–Kier alpha value is -3.80. The van der Waals surface area contributed by atoms with Gasteiger partial charge in [0.2, 0.25) is 5.91 Å². The van der Waals surface area contributed by atoms with Gasteiger partial charge in [0, 0.05) is 24.5 Å². The lowest BCUT2D eigenvalue weighted by molar-refractivity contribution is -0.115. The van der Waals surface area contributed by atoms with Gasteiger partial charge in [-0.1, -0.05) is 42.5 Å². The first-order chi connectivity index (χ1) is 17.0. The van der Waals surface area contributed by atoms with E-state index < -0.39 is 0 Å². The minimum atomic E-state index is -0.145. The lowest BCUT2D eigenvalue weighted by atomic mass is 10.0. The van der Waals surface area contributed by atoms with Gasteiger partial charge in [0.05, 0.1) is 25.1 Å². The van der Waals surface area contributed by atoms with Crippen LogP contribution >= 0.6 is 0 Å². The predicted molar refractivity (Wildman–Crippen MR) is 140 cm³/mol. The average molecular weight is 472 g/mol. The van der Waals surface area contributed by atoms with Crippen molar-refractivity contribution in [3.63, 3.8) is 0 Å². The number of rotatable bonds is 8. The lowest BCUT2D eigenvalue weighted by Crippen LogP contribution is -2.33. The Morgan fingerprint density at radius 3 is 2.34 bits per heavy atom. The first-order valence-electron chi connectivity index (χ1n) is 12.2. The number of amides is 2. The standard InChI is InChI=1S/C29H33N3O3/c1-21(23-9-5-3-6-10-23)30-29(34)26-20-24(13-16-27(26)32-17-7-4-8-18-32)31-28(33)19-22-11-14-25(35-2)15-12-22/h3,5-6,9-16,20-21H,4,7-8,17-19H2,1-2H3,(H,30,34)(H,31,33). The highest BCUT2D eigenvalue weighted by Crippen LogP contribution is 2.28. The van der Waals surface area contributed by atoms with E-state index in [1.54, 1.807) is 13.2 Å². The first kappa shape index (κ1) is 24.3. The summed E-state index contributed by atoms with van der Waals surface area (Å²) < 4.78 is 5.18. The number of nitrogens with zero attached hydrogens (tertiary/aromatic N) is 1. The molecule has 1 aliphatic rings. The van der Waals surface area contributed by atoms with Gasteiger partial charge in [-0.3, -0.25) is 9.59 Å².